The number of ether oxygens (including phenoxy) is 2. The highest BCUT2D eigenvalue weighted by atomic mass is 127. The van der Waals surface area contributed by atoms with E-state index < -0.39 is 0 Å². The fourth-order valence-electron chi connectivity index (χ4n) is 3.48. The zero-order valence-electron chi connectivity index (χ0n) is 18.1. The van der Waals surface area contributed by atoms with Crippen LogP contribution in [0.2, 0.25) is 0 Å². The van der Waals surface area contributed by atoms with Crippen LogP contribution in [0.5, 0.6) is 5.88 Å². The number of hydrogen-bond donors (Lipinski definition) is 1. The van der Waals surface area contributed by atoms with E-state index in [9.17, 15) is 4.79 Å². The van der Waals surface area contributed by atoms with Crippen LogP contribution in [-0.4, -0.2) is 48.6 Å². The van der Waals surface area contributed by atoms with Gasteiger partial charge in [-0.3, -0.25) is 4.79 Å². The molecule has 0 radical (unpaired) electrons. The average molecular weight is 538 g/mol. The highest BCUT2D eigenvalue weighted by Gasteiger charge is 2.27. The summed E-state index contributed by atoms with van der Waals surface area (Å²) in [7, 11) is 1.45. The van der Waals surface area contributed by atoms with Gasteiger partial charge in [-0.1, -0.05) is 36.4 Å². The van der Waals surface area contributed by atoms with Gasteiger partial charge in [0.15, 0.2) is 5.96 Å². The van der Waals surface area contributed by atoms with E-state index in [0.29, 0.717) is 19.0 Å². The first-order valence-corrected chi connectivity index (χ1v) is 10.4. The van der Waals surface area contributed by atoms with Crippen molar-refractivity contribution in [1.29, 1.82) is 0 Å². The number of aromatic nitrogens is 1. The fourth-order valence-corrected chi connectivity index (χ4v) is 3.48. The molecule has 0 aliphatic carbocycles. The van der Waals surface area contributed by atoms with E-state index in [2.05, 4.69) is 22.1 Å². The number of aliphatic imine (C=N–C) groups is 1. The molecule has 0 saturated carbocycles. The zero-order chi connectivity index (χ0) is 21.2. The Hall–Kier alpha value is -2.36. The lowest BCUT2D eigenvalue weighted by Crippen LogP contribution is -2.46. The molecule has 1 aliphatic heterocycles. The molecule has 2 aromatic rings. The molecule has 0 amide bonds. The Labute approximate surface area is 201 Å². The molecule has 8 heteroatoms. The minimum absolute atomic E-state index is 0. The Morgan fingerprint density at radius 1 is 1.19 bits per heavy atom. The quantitative estimate of drug-likeness (QED) is 0.251. The van der Waals surface area contributed by atoms with Gasteiger partial charge < -0.3 is 19.7 Å². The number of halogens is 1. The van der Waals surface area contributed by atoms with E-state index in [1.54, 1.807) is 6.20 Å². The lowest BCUT2D eigenvalue weighted by Gasteiger charge is -2.33. The first-order chi connectivity index (χ1) is 14.7. The van der Waals surface area contributed by atoms with Crippen molar-refractivity contribution in [2.45, 2.75) is 32.9 Å². The van der Waals surface area contributed by atoms with Crippen LogP contribution in [0, 0.1) is 5.92 Å². The van der Waals surface area contributed by atoms with E-state index in [1.165, 1.54) is 7.11 Å². The molecule has 0 atom stereocenters. The molecular weight excluding hydrogens is 507 g/mol. The normalized spacial score (nSPS) is 14.5. The van der Waals surface area contributed by atoms with Crippen LogP contribution in [-0.2, 0) is 22.7 Å². The topological polar surface area (TPSA) is 76.1 Å². The molecular formula is C23H31IN4O3. The fraction of sp³-hybridized carbons (Fsp3) is 0.435. The molecule has 7 nitrogen and oxygen atoms in total. The van der Waals surface area contributed by atoms with Crippen molar-refractivity contribution in [1.82, 2.24) is 15.2 Å². The summed E-state index contributed by atoms with van der Waals surface area (Å²) in [6, 6.07) is 13.9. The van der Waals surface area contributed by atoms with E-state index in [0.717, 1.165) is 49.6 Å². The van der Waals surface area contributed by atoms with Crippen molar-refractivity contribution in [2.75, 3.05) is 26.7 Å². The van der Waals surface area contributed by atoms with Crippen LogP contribution in [0.3, 0.4) is 0 Å². The summed E-state index contributed by atoms with van der Waals surface area (Å²) < 4.78 is 10.8. The van der Waals surface area contributed by atoms with Gasteiger partial charge in [0.1, 0.15) is 6.61 Å². The third-order valence-electron chi connectivity index (χ3n) is 5.13. The molecule has 0 bridgehead atoms. The summed E-state index contributed by atoms with van der Waals surface area (Å²) in [5.41, 5.74) is 2.03. The molecule has 168 valence electrons. The number of hydrogen-bond acceptors (Lipinski definition) is 5. The second kappa shape index (κ2) is 13.1. The van der Waals surface area contributed by atoms with Crippen molar-refractivity contribution in [3.8, 4) is 5.88 Å². The predicted molar refractivity (Wildman–Crippen MR) is 132 cm³/mol. The van der Waals surface area contributed by atoms with Crippen molar-refractivity contribution in [3.63, 3.8) is 0 Å². The largest absolute Gasteiger partial charge is 0.473 e. The number of methoxy groups -OCH3 is 1. The first-order valence-electron chi connectivity index (χ1n) is 10.4. The maximum atomic E-state index is 11.8. The monoisotopic (exact) mass is 538 g/mol. The number of nitrogens with one attached hydrogen (secondary N) is 1. The number of nitrogens with zero attached hydrogens (tertiary/aromatic N) is 3. The van der Waals surface area contributed by atoms with Crippen LogP contribution >= 0.6 is 24.0 Å². The second-order valence-corrected chi connectivity index (χ2v) is 7.20. The number of carbonyl (C=O) groups excluding carboxylic acids is 1. The zero-order valence-corrected chi connectivity index (χ0v) is 20.5. The third kappa shape index (κ3) is 7.37. The smallest absolute Gasteiger partial charge is 0.308 e. The Bertz CT molecular complexity index is 840. The molecule has 0 unspecified atom stereocenters. The Morgan fingerprint density at radius 3 is 2.61 bits per heavy atom. The Balaban J connectivity index is 0.00000341. The highest BCUT2D eigenvalue weighted by molar-refractivity contribution is 14.0. The SMILES string of the molecule is CCNC(=NCc1cccnc1OCc1ccccc1)N1CCC(C(=O)OC)CC1.I. The van der Waals surface area contributed by atoms with Crippen molar-refractivity contribution >= 4 is 35.9 Å². The molecule has 1 saturated heterocycles. The van der Waals surface area contributed by atoms with Crippen molar-refractivity contribution in [2.24, 2.45) is 10.9 Å². The molecule has 1 N–H and O–H groups in total. The maximum Gasteiger partial charge on any atom is 0.308 e. The molecule has 1 fully saturated rings. The van der Waals surface area contributed by atoms with E-state index in [1.807, 2.05) is 42.5 Å². The summed E-state index contributed by atoms with van der Waals surface area (Å²) in [4.78, 5) is 23.2. The number of likely N-dealkylation sites (tertiary alicyclic amines) is 1. The highest BCUT2D eigenvalue weighted by Crippen LogP contribution is 2.20. The van der Waals surface area contributed by atoms with Crippen LogP contribution in [0.25, 0.3) is 0 Å². The van der Waals surface area contributed by atoms with Gasteiger partial charge in [0.25, 0.3) is 0 Å². The number of piperidine rings is 1. The second-order valence-electron chi connectivity index (χ2n) is 7.20. The number of carbonyl (C=O) groups is 1. The Kier molecular flexibility index (Phi) is 10.6. The minimum Gasteiger partial charge on any atom is -0.473 e. The molecule has 3 rings (SSSR count). The average Bonchev–Trinajstić information content (AvgIpc) is 2.81. The standard InChI is InChI=1S/C23H30N4O3.HI/c1-3-24-23(27-14-11-19(12-15-27)22(28)29-2)26-16-20-10-7-13-25-21(20)30-17-18-8-5-4-6-9-18;/h4-10,13,19H,3,11-12,14-17H2,1-2H3,(H,24,26);1H. The van der Waals surface area contributed by atoms with Gasteiger partial charge in [0, 0.05) is 31.4 Å². The molecule has 2 heterocycles. The summed E-state index contributed by atoms with van der Waals surface area (Å²) in [6.45, 7) is 5.31. The van der Waals surface area contributed by atoms with Gasteiger partial charge in [-0.25, -0.2) is 9.98 Å². The van der Waals surface area contributed by atoms with Gasteiger partial charge >= 0.3 is 5.97 Å². The van der Waals surface area contributed by atoms with E-state index >= 15 is 0 Å². The van der Waals surface area contributed by atoms with Gasteiger partial charge in [-0.05, 0) is 31.4 Å². The van der Waals surface area contributed by atoms with E-state index in [4.69, 9.17) is 14.5 Å². The number of rotatable bonds is 7. The Morgan fingerprint density at radius 2 is 1.94 bits per heavy atom. The molecule has 31 heavy (non-hydrogen) atoms. The van der Waals surface area contributed by atoms with E-state index in [-0.39, 0.29) is 35.9 Å². The molecule has 1 aliphatic rings. The lowest BCUT2D eigenvalue weighted by molar-refractivity contribution is -0.146. The van der Waals surface area contributed by atoms with Crippen LogP contribution in [0.15, 0.2) is 53.7 Å². The molecule has 1 aromatic carbocycles. The maximum absolute atomic E-state index is 11.8. The van der Waals surface area contributed by atoms with Gasteiger partial charge in [0.05, 0.1) is 19.6 Å². The minimum atomic E-state index is -0.118. The lowest BCUT2D eigenvalue weighted by atomic mass is 9.97. The molecule has 0 spiro atoms. The summed E-state index contributed by atoms with van der Waals surface area (Å²) >= 11 is 0. The number of guanidine groups is 1. The first kappa shape index (κ1) is 24.9. The summed E-state index contributed by atoms with van der Waals surface area (Å²) in [5, 5.41) is 3.36. The summed E-state index contributed by atoms with van der Waals surface area (Å²) in [6.07, 6.45) is 3.28. The van der Waals surface area contributed by atoms with Gasteiger partial charge in [0.2, 0.25) is 5.88 Å². The number of esters is 1. The third-order valence-corrected chi connectivity index (χ3v) is 5.13. The number of benzene rings is 1. The molecule has 1 aromatic heterocycles. The summed E-state index contributed by atoms with van der Waals surface area (Å²) in [5.74, 6) is 1.31. The van der Waals surface area contributed by atoms with Gasteiger partial charge in [-0.15, -0.1) is 24.0 Å². The van der Waals surface area contributed by atoms with Crippen molar-refractivity contribution < 1.29 is 14.3 Å². The van der Waals surface area contributed by atoms with Crippen LogP contribution < -0.4 is 10.1 Å². The van der Waals surface area contributed by atoms with Gasteiger partial charge in [-0.2, -0.15) is 0 Å². The van der Waals surface area contributed by atoms with Crippen LogP contribution in [0.1, 0.15) is 30.9 Å². The predicted octanol–water partition coefficient (Wildman–Crippen LogP) is 3.63. The van der Waals surface area contributed by atoms with Crippen LogP contribution in [0.4, 0.5) is 0 Å². The number of pyridine rings is 1. The van der Waals surface area contributed by atoms with Crippen molar-refractivity contribution in [3.05, 3.63) is 59.8 Å².